The van der Waals surface area contributed by atoms with Crippen molar-refractivity contribution in [3.8, 4) is 5.75 Å². The molecule has 0 unspecified atom stereocenters. The van der Waals surface area contributed by atoms with E-state index in [0.717, 1.165) is 15.8 Å². The van der Waals surface area contributed by atoms with Crippen LogP contribution >= 0.6 is 50.5 Å². The second-order valence-corrected chi connectivity index (χ2v) is 7.30. The number of ether oxygens (including phenoxy) is 1. The van der Waals surface area contributed by atoms with Gasteiger partial charge in [0, 0.05) is 19.2 Å². The average molecular weight is 436 g/mol. The van der Waals surface area contributed by atoms with Crippen LogP contribution in [0.25, 0.3) is 0 Å². The number of carbonyl (C=O) groups is 1. The number of hydrogen-bond acceptors (Lipinski definition) is 4. The number of amides is 1. The van der Waals surface area contributed by atoms with Gasteiger partial charge >= 0.3 is 0 Å². The predicted molar refractivity (Wildman–Crippen MR) is 99.1 cm³/mol. The van der Waals surface area contributed by atoms with E-state index in [1.165, 1.54) is 4.88 Å². The SMILES string of the molecule is CCc1sc(C=NNC(=O)COc2ccc(Cl)cc2Cl)cc1Br. The highest BCUT2D eigenvalue weighted by Crippen LogP contribution is 2.27. The van der Waals surface area contributed by atoms with Crippen molar-refractivity contribution in [1.82, 2.24) is 5.43 Å². The first-order valence-electron chi connectivity index (χ1n) is 6.67. The van der Waals surface area contributed by atoms with E-state index in [4.69, 9.17) is 27.9 Å². The Labute approximate surface area is 156 Å². The lowest BCUT2D eigenvalue weighted by molar-refractivity contribution is -0.123. The minimum Gasteiger partial charge on any atom is -0.482 e. The van der Waals surface area contributed by atoms with Crippen molar-refractivity contribution in [2.75, 3.05) is 6.61 Å². The summed E-state index contributed by atoms with van der Waals surface area (Å²) >= 11 is 16.8. The summed E-state index contributed by atoms with van der Waals surface area (Å²) in [6.45, 7) is 1.89. The molecular formula is C15H13BrCl2N2O2S. The highest BCUT2D eigenvalue weighted by molar-refractivity contribution is 9.10. The van der Waals surface area contributed by atoms with Gasteiger partial charge in [-0.1, -0.05) is 30.1 Å². The van der Waals surface area contributed by atoms with Gasteiger partial charge in [-0.15, -0.1) is 11.3 Å². The lowest BCUT2D eigenvalue weighted by Crippen LogP contribution is -2.24. The molecule has 0 saturated carbocycles. The van der Waals surface area contributed by atoms with Crippen LogP contribution in [0.1, 0.15) is 16.7 Å². The van der Waals surface area contributed by atoms with Crippen LogP contribution in [0.15, 0.2) is 33.8 Å². The van der Waals surface area contributed by atoms with Crippen molar-refractivity contribution in [2.24, 2.45) is 5.10 Å². The summed E-state index contributed by atoms with van der Waals surface area (Å²) < 4.78 is 6.37. The molecule has 0 fully saturated rings. The topological polar surface area (TPSA) is 50.7 Å². The number of aryl methyl sites for hydroxylation is 1. The third-order valence-corrected chi connectivity index (χ3v) is 5.45. The van der Waals surface area contributed by atoms with Crippen LogP contribution in [0.3, 0.4) is 0 Å². The lowest BCUT2D eigenvalue weighted by Gasteiger charge is -2.06. The van der Waals surface area contributed by atoms with Gasteiger partial charge in [-0.3, -0.25) is 4.79 Å². The van der Waals surface area contributed by atoms with Crippen LogP contribution < -0.4 is 10.2 Å². The number of halogens is 3. The van der Waals surface area contributed by atoms with E-state index in [0.29, 0.717) is 15.8 Å². The molecule has 1 aromatic heterocycles. The Morgan fingerprint density at radius 2 is 2.22 bits per heavy atom. The van der Waals surface area contributed by atoms with E-state index >= 15 is 0 Å². The maximum atomic E-state index is 11.7. The van der Waals surface area contributed by atoms with Crippen LogP contribution in [0, 0.1) is 0 Å². The van der Waals surface area contributed by atoms with Gasteiger partial charge in [0.25, 0.3) is 5.91 Å². The molecule has 0 aliphatic carbocycles. The van der Waals surface area contributed by atoms with Gasteiger partial charge < -0.3 is 4.74 Å². The predicted octanol–water partition coefficient (Wildman–Crippen LogP) is 4.91. The van der Waals surface area contributed by atoms with E-state index < -0.39 is 0 Å². The van der Waals surface area contributed by atoms with E-state index in [2.05, 4.69) is 33.4 Å². The molecule has 0 aliphatic rings. The first-order chi connectivity index (χ1) is 11.0. The van der Waals surface area contributed by atoms with Crippen LogP contribution in [0.5, 0.6) is 5.75 Å². The monoisotopic (exact) mass is 434 g/mol. The molecule has 1 amide bonds. The quantitative estimate of drug-likeness (QED) is 0.517. The molecule has 0 spiro atoms. The molecule has 4 nitrogen and oxygen atoms in total. The summed E-state index contributed by atoms with van der Waals surface area (Å²) in [5.41, 5.74) is 2.41. The van der Waals surface area contributed by atoms with E-state index in [1.54, 1.807) is 35.8 Å². The normalized spacial score (nSPS) is 11.0. The first-order valence-corrected chi connectivity index (χ1v) is 9.04. The van der Waals surface area contributed by atoms with Crippen molar-refractivity contribution in [3.63, 3.8) is 0 Å². The Morgan fingerprint density at radius 3 is 2.87 bits per heavy atom. The fourth-order valence-corrected chi connectivity index (χ4v) is 3.92. The number of hydrogen-bond donors (Lipinski definition) is 1. The van der Waals surface area contributed by atoms with Gasteiger partial charge in [0.2, 0.25) is 0 Å². The zero-order chi connectivity index (χ0) is 16.8. The van der Waals surface area contributed by atoms with Crippen molar-refractivity contribution in [2.45, 2.75) is 13.3 Å². The molecule has 23 heavy (non-hydrogen) atoms. The standard InChI is InChI=1S/C15H13BrCl2N2O2S/c1-2-14-11(16)6-10(23-14)7-19-20-15(21)8-22-13-4-3-9(17)5-12(13)18/h3-7H,2,8H2,1H3,(H,20,21). The maximum Gasteiger partial charge on any atom is 0.277 e. The minimum atomic E-state index is -0.376. The summed E-state index contributed by atoms with van der Waals surface area (Å²) in [6, 6.07) is 6.76. The molecule has 0 saturated heterocycles. The molecule has 2 aromatic rings. The molecule has 2 rings (SSSR count). The number of hydrazone groups is 1. The van der Waals surface area contributed by atoms with Crippen LogP contribution in [-0.4, -0.2) is 18.7 Å². The first kappa shape index (κ1) is 18.3. The molecular weight excluding hydrogens is 423 g/mol. The fraction of sp³-hybridized carbons (Fsp3) is 0.200. The summed E-state index contributed by atoms with van der Waals surface area (Å²) in [4.78, 5) is 13.9. The Morgan fingerprint density at radius 1 is 1.43 bits per heavy atom. The van der Waals surface area contributed by atoms with Gasteiger partial charge in [0.15, 0.2) is 6.61 Å². The van der Waals surface area contributed by atoms with Gasteiger partial charge in [0.05, 0.1) is 11.2 Å². The summed E-state index contributed by atoms with van der Waals surface area (Å²) in [7, 11) is 0. The smallest absolute Gasteiger partial charge is 0.277 e. The second kappa shape index (κ2) is 8.68. The number of rotatable bonds is 6. The van der Waals surface area contributed by atoms with E-state index in [1.807, 2.05) is 6.07 Å². The maximum absolute atomic E-state index is 11.7. The van der Waals surface area contributed by atoms with E-state index in [-0.39, 0.29) is 12.5 Å². The minimum absolute atomic E-state index is 0.187. The molecule has 0 atom stereocenters. The molecule has 1 N–H and O–H groups in total. The molecule has 1 aromatic carbocycles. The van der Waals surface area contributed by atoms with Gasteiger partial charge in [-0.25, -0.2) is 5.43 Å². The zero-order valence-corrected chi connectivity index (χ0v) is 16.0. The second-order valence-electron chi connectivity index (χ2n) is 4.43. The largest absolute Gasteiger partial charge is 0.482 e. The highest BCUT2D eigenvalue weighted by Gasteiger charge is 2.06. The van der Waals surface area contributed by atoms with Crippen molar-refractivity contribution in [3.05, 3.63) is 48.5 Å². The Hall–Kier alpha value is -1.08. The third-order valence-electron chi connectivity index (χ3n) is 2.73. The number of nitrogens with zero attached hydrogens (tertiary/aromatic N) is 1. The zero-order valence-electron chi connectivity index (χ0n) is 12.1. The molecule has 0 aliphatic heterocycles. The summed E-state index contributed by atoms with van der Waals surface area (Å²) in [6.07, 6.45) is 2.54. The van der Waals surface area contributed by atoms with Crippen LogP contribution in [-0.2, 0) is 11.2 Å². The van der Waals surface area contributed by atoms with Gasteiger partial charge in [-0.2, -0.15) is 5.10 Å². The van der Waals surface area contributed by atoms with Crippen molar-refractivity contribution >= 4 is 62.6 Å². The molecule has 1 heterocycles. The lowest BCUT2D eigenvalue weighted by atomic mass is 10.3. The molecule has 0 radical (unpaired) electrons. The number of benzene rings is 1. The van der Waals surface area contributed by atoms with Crippen LogP contribution in [0.2, 0.25) is 10.0 Å². The van der Waals surface area contributed by atoms with Crippen molar-refractivity contribution in [1.29, 1.82) is 0 Å². The highest BCUT2D eigenvalue weighted by atomic mass is 79.9. The molecule has 122 valence electrons. The van der Waals surface area contributed by atoms with E-state index in [9.17, 15) is 4.79 Å². The molecule has 8 heteroatoms. The molecule has 0 bridgehead atoms. The number of nitrogens with one attached hydrogen (secondary N) is 1. The number of carbonyl (C=O) groups excluding carboxylic acids is 1. The Kier molecular flexibility index (Phi) is 6.89. The average Bonchev–Trinajstić information content (AvgIpc) is 2.86. The summed E-state index contributed by atoms with van der Waals surface area (Å²) in [5.74, 6) is 0.0172. The van der Waals surface area contributed by atoms with Crippen molar-refractivity contribution < 1.29 is 9.53 Å². The Balaban J connectivity index is 1.83. The van der Waals surface area contributed by atoms with Gasteiger partial charge in [-0.05, 0) is 46.6 Å². The number of thiophene rings is 1. The Bertz CT molecular complexity index is 734. The third kappa shape index (κ3) is 5.49. The fourth-order valence-electron chi connectivity index (χ4n) is 1.67. The van der Waals surface area contributed by atoms with Crippen LogP contribution in [0.4, 0.5) is 0 Å². The van der Waals surface area contributed by atoms with Gasteiger partial charge in [0.1, 0.15) is 5.75 Å². The summed E-state index contributed by atoms with van der Waals surface area (Å²) in [5, 5.41) is 4.77.